The third-order valence-electron chi connectivity index (χ3n) is 6.57. The van der Waals surface area contributed by atoms with E-state index in [2.05, 4.69) is 10.3 Å². The van der Waals surface area contributed by atoms with E-state index in [4.69, 9.17) is 33.2 Å². The second kappa shape index (κ2) is 9.57. The van der Waals surface area contributed by atoms with Crippen molar-refractivity contribution >= 4 is 57.4 Å². The average Bonchev–Trinajstić information content (AvgIpc) is 3.29. The zero-order chi connectivity index (χ0) is 26.5. The Labute approximate surface area is 221 Å². The quantitative estimate of drug-likeness (QED) is 0.275. The van der Waals surface area contributed by atoms with Gasteiger partial charge >= 0.3 is 5.97 Å². The first-order valence-electron chi connectivity index (χ1n) is 11.9. The van der Waals surface area contributed by atoms with Gasteiger partial charge in [-0.05, 0) is 37.6 Å². The summed E-state index contributed by atoms with van der Waals surface area (Å²) in [6, 6.07) is 6.14. The van der Waals surface area contributed by atoms with Gasteiger partial charge in [-0.1, -0.05) is 30.1 Å². The molecule has 37 heavy (non-hydrogen) atoms. The molecule has 0 aliphatic carbocycles. The number of carboxylic acid groups (broad SMARTS) is 1. The van der Waals surface area contributed by atoms with Crippen LogP contribution in [-0.2, 0) is 6.42 Å². The molecule has 1 aliphatic rings. The SMILES string of the molecule is CCc1cn2c(N3CCC(F)(F)CC3)nc3c(C(C)Nc4ccc(Cl)nc4C(=O)O)cc(Cl)cc3c2n1. The van der Waals surface area contributed by atoms with E-state index >= 15 is 0 Å². The van der Waals surface area contributed by atoms with Gasteiger partial charge in [0.2, 0.25) is 5.95 Å². The minimum absolute atomic E-state index is 0.0654. The Morgan fingerprint density at radius 1 is 1.19 bits per heavy atom. The summed E-state index contributed by atoms with van der Waals surface area (Å²) in [6.45, 7) is 4.16. The summed E-state index contributed by atoms with van der Waals surface area (Å²) >= 11 is 12.4. The van der Waals surface area contributed by atoms with Crippen LogP contribution in [0.15, 0.2) is 30.5 Å². The second-order valence-electron chi connectivity index (χ2n) is 9.13. The summed E-state index contributed by atoms with van der Waals surface area (Å²) in [5.41, 5.74) is 2.83. The number of aryl methyl sites for hydroxylation is 1. The van der Waals surface area contributed by atoms with Crippen LogP contribution in [0.5, 0.6) is 0 Å². The predicted molar refractivity (Wildman–Crippen MR) is 140 cm³/mol. The summed E-state index contributed by atoms with van der Waals surface area (Å²) in [5, 5.41) is 14.0. The normalized spacial score (nSPS) is 16.3. The summed E-state index contributed by atoms with van der Waals surface area (Å²) in [5.74, 6) is -3.39. The molecule has 1 saturated heterocycles. The first-order chi connectivity index (χ1) is 17.6. The fourth-order valence-corrected chi connectivity index (χ4v) is 5.00. The van der Waals surface area contributed by atoms with E-state index < -0.39 is 17.9 Å². The molecule has 4 heterocycles. The molecule has 1 aliphatic heterocycles. The van der Waals surface area contributed by atoms with Gasteiger partial charge in [0.25, 0.3) is 5.92 Å². The van der Waals surface area contributed by atoms with Gasteiger partial charge in [0.1, 0.15) is 10.8 Å². The smallest absolute Gasteiger partial charge is 0.356 e. The highest BCUT2D eigenvalue weighted by Crippen LogP contribution is 2.36. The van der Waals surface area contributed by atoms with Crippen LogP contribution in [0.25, 0.3) is 16.6 Å². The number of piperidine rings is 1. The van der Waals surface area contributed by atoms with Crippen LogP contribution < -0.4 is 10.2 Å². The molecule has 8 nitrogen and oxygen atoms in total. The van der Waals surface area contributed by atoms with E-state index in [1.165, 1.54) is 6.07 Å². The van der Waals surface area contributed by atoms with Crippen molar-refractivity contribution < 1.29 is 18.7 Å². The molecule has 0 amide bonds. The van der Waals surface area contributed by atoms with E-state index in [0.717, 1.165) is 5.69 Å². The first kappa shape index (κ1) is 25.4. The van der Waals surface area contributed by atoms with Gasteiger partial charge in [-0.2, -0.15) is 0 Å². The molecule has 3 aromatic heterocycles. The number of nitrogens with one attached hydrogen (secondary N) is 1. The van der Waals surface area contributed by atoms with Crippen LogP contribution >= 0.6 is 23.2 Å². The fourth-order valence-electron chi connectivity index (χ4n) is 4.62. The van der Waals surface area contributed by atoms with Crippen LogP contribution in [0, 0.1) is 0 Å². The van der Waals surface area contributed by atoms with Gasteiger partial charge in [0.15, 0.2) is 5.69 Å². The van der Waals surface area contributed by atoms with Gasteiger partial charge in [-0.25, -0.2) is 28.5 Å². The Morgan fingerprint density at radius 2 is 1.92 bits per heavy atom. The lowest BCUT2D eigenvalue weighted by molar-refractivity contribution is -0.0222. The number of imidazole rings is 1. The number of pyridine rings is 1. The number of halogens is 4. The average molecular weight is 549 g/mol. The predicted octanol–water partition coefficient (Wildman–Crippen LogP) is 6.25. The molecule has 1 atom stereocenters. The molecular weight excluding hydrogens is 525 g/mol. The standard InChI is InChI=1S/C25H24Cl2F2N6O2/c1-3-15-12-35-22(31-15)17-11-14(26)10-16(13(2)30-18-4-5-19(27)32-21(18)23(36)37)20(17)33-24(35)34-8-6-25(28,29)7-9-34/h4-5,10-13,30H,3,6-9H2,1-2H3,(H,36,37). The Morgan fingerprint density at radius 3 is 2.59 bits per heavy atom. The van der Waals surface area contributed by atoms with Crippen molar-refractivity contribution in [2.45, 2.75) is 45.1 Å². The monoisotopic (exact) mass is 548 g/mol. The van der Waals surface area contributed by atoms with Gasteiger partial charge < -0.3 is 15.3 Å². The number of benzene rings is 1. The number of aromatic carboxylic acids is 1. The Hall–Kier alpha value is -3.24. The molecule has 194 valence electrons. The minimum atomic E-state index is -2.69. The maximum absolute atomic E-state index is 13.9. The topological polar surface area (TPSA) is 95.7 Å². The van der Waals surface area contributed by atoms with Crippen LogP contribution in [0.2, 0.25) is 10.2 Å². The van der Waals surface area contributed by atoms with Crippen LogP contribution in [0.1, 0.15) is 54.5 Å². The Balaban J connectivity index is 1.66. The number of rotatable bonds is 6. The lowest BCUT2D eigenvalue weighted by Gasteiger charge is -2.33. The summed E-state index contributed by atoms with van der Waals surface area (Å²) in [7, 11) is 0. The molecule has 0 spiro atoms. The number of nitrogens with zero attached hydrogens (tertiary/aromatic N) is 5. The molecule has 0 saturated carbocycles. The van der Waals surface area contributed by atoms with Crippen molar-refractivity contribution in [3.63, 3.8) is 0 Å². The molecule has 0 radical (unpaired) electrons. The van der Waals surface area contributed by atoms with E-state index in [0.29, 0.717) is 39.5 Å². The van der Waals surface area contributed by atoms with E-state index in [-0.39, 0.29) is 42.5 Å². The molecule has 1 unspecified atom stereocenters. The lowest BCUT2D eigenvalue weighted by Crippen LogP contribution is -2.40. The number of alkyl halides is 2. The zero-order valence-electron chi connectivity index (χ0n) is 20.1. The summed E-state index contributed by atoms with van der Waals surface area (Å²) < 4.78 is 29.7. The van der Waals surface area contributed by atoms with Crippen LogP contribution in [0.3, 0.4) is 0 Å². The van der Waals surface area contributed by atoms with E-state index in [1.54, 1.807) is 18.2 Å². The molecule has 2 N–H and O–H groups in total. The summed E-state index contributed by atoms with van der Waals surface area (Å²) in [6.07, 6.45) is 2.06. The van der Waals surface area contributed by atoms with Crippen molar-refractivity contribution in [3.8, 4) is 0 Å². The van der Waals surface area contributed by atoms with E-state index in [9.17, 15) is 18.7 Å². The Bertz CT molecular complexity index is 1520. The highest BCUT2D eigenvalue weighted by atomic mass is 35.5. The van der Waals surface area contributed by atoms with E-state index in [1.807, 2.05) is 29.3 Å². The molecule has 5 rings (SSSR count). The van der Waals surface area contributed by atoms with Crippen molar-refractivity contribution in [2.24, 2.45) is 0 Å². The molecule has 12 heteroatoms. The van der Waals surface area contributed by atoms with Gasteiger partial charge in [-0.3, -0.25) is 4.40 Å². The first-order valence-corrected chi connectivity index (χ1v) is 12.6. The van der Waals surface area contributed by atoms with Gasteiger partial charge in [0, 0.05) is 48.1 Å². The van der Waals surface area contributed by atoms with Crippen molar-refractivity contribution in [1.82, 2.24) is 19.4 Å². The van der Waals surface area contributed by atoms with Crippen molar-refractivity contribution in [1.29, 1.82) is 0 Å². The molecule has 0 bridgehead atoms. The Kier molecular flexibility index (Phi) is 6.57. The zero-order valence-corrected chi connectivity index (χ0v) is 21.6. The molecule has 1 fully saturated rings. The number of hydrogen-bond donors (Lipinski definition) is 2. The van der Waals surface area contributed by atoms with Gasteiger partial charge in [-0.15, -0.1) is 0 Å². The minimum Gasteiger partial charge on any atom is -0.476 e. The molecule has 4 aromatic rings. The van der Waals surface area contributed by atoms with Crippen molar-refractivity contribution in [2.75, 3.05) is 23.3 Å². The number of fused-ring (bicyclic) bond motifs is 3. The highest BCUT2D eigenvalue weighted by Gasteiger charge is 2.35. The number of hydrogen-bond acceptors (Lipinski definition) is 6. The van der Waals surface area contributed by atoms with Crippen LogP contribution in [-0.4, -0.2) is 49.4 Å². The number of carboxylic acids is 1. The second-order valence-corrected chi connectivity index (χ2v) is 9.95. The lowest BCUT2D eigenvalue weighted by atomic mass is 10.0. The van der Waals surface area contributed by atoms with Gasteiger partial charge in [0.05, 0.1) is 22.9 Å². The highest BCUT2D eigenvalue weighted by molar-refractivity contribution is 6.31. The number of anilines is 2. The van der Waals surface area contributed by atoms with Crippen LogP contribution in [0.4, 0.5) is 20.4 Å². The number of aromatic nitrogens is 4. The molecular formula is C25H24Cl2F2N6O2. The van der Waals surface area contributed by atoms with Crippen molar-refractivity contribution in [3.05, 3.63) is 57.6 Å². The third kappa shape index (κ3) is 4.87. The third-order valence-corrected chi connectivity index (χ3v) is 7.00. The molecule has 1 aromatic carbocycles. The largest absolute Gasteiger partial charge is 0.476 e. The number of carbonyl (C=O) groups is 1. The fraction of sp³-hybridized carbons (Fsp3) is 0.360. The maximum Gasteiger partial charge on any atom is 0.356 e. The maximum atomic E-state index is 13.9. The summed E-state index contributed by atoms with van der Waals surface area (Å²) in [4.78, 5) is 27.2.